The molecule has 1 fully saturated rings. The maximum absolute atomic E-state index is 12.7. The molecule has 2 atom stereocenters. The molecule has 4 rings (SSSR count). The number of aryl methyl sites for hydroxylation is 1. The van der Waals surface area contributed by atoms with Gasteiger partial charge in [0.05, 0.1) is 12.5 Å². The fourth-order valence-electron chi connectivity index (χ4n) is 5.48. The Bertz CT molecular complexity index is 1080. The molecule has 1 aromatic heterocycles. The van der Waals surface area contributed by atoms with Crippen LogP contribution in [0.3, 0.4) is 0 Å². The number of aliphatic hydroxyl groups excluding tert-OH is 2. The third-order valence-corrected chi connectivity index (χ3v) is 8.10. The largest absolute Gasteiger partial charge is 0.582 e. The lowest BCUT2D eigenvalue weighted by Gasteiger charge is -2.36. The molecule has 5 N–H and O–H groups in total. The highest BCUT2D eigenvalue weighted by Crippen LogP contribution is 2.43. The summed E-state index contributed by atoms with van der Waals surface area (Å²) in [6.07, 6.45) is 9.83. The van der Waals surface area contributed by atoms with Gasteiger partial charge in [-0.25, -0.2) is 14.8 Å². The summed E-state index contributed by atoms with van der Waals surface area (Å²) in [5, 5.41) is 20.1. The van der Waals surface area contributed by atoms with Crippen molar-refractivity contribution in [3.8, 4) is 5.75 Å². The van der Waals surface area contributed by atoms with Crippen LogP contribution in [0.2, 0.25) is 0 Å². The number of allylic oxidation sites excluding steroid dienone is 2. The minimum absolute atomic E-state index is 0.0553. The number of hydrogen-bond acceptors (Lipinski definition) is 6. The molecule has 38 heavy (non-hydrogen) atoms. The summed E-state index contributed by atoms with van der Waals surface area (Å²) in [4.78, 5) is 24.1. The number of primary amides is 1. The molecule has 206 valence electrons. The maximum Gasteiger partial charge on any atom is 0.314 e. The van der Waals surface area contributed by atoms with Crippen LogP contribution < -0.4 is 10.2 Å². The van der Waals surface area contributed by atoms with Gasteiger partial charge in [0.2, 0.25) is 5.95 Å². The number of ether oxygens (including phenoxy) is 1. The van der Waals surface area contributed by atoms with Gasteiger partial charge in [-0.05, 0) is 66.4 Å². The van der Waals surface area contributed by atoms with Gasteiger partial charge in [-0.3, -0.25) is 5.32 Å². The summed E-state index contributed by atoms with van der Waals surface area (Å²) in [6.45, 7) is 9.04. The van der Waals surface area contributed by atoms with E-state index >= 15 is 0 Å². The number of hydrogen-bond donors (Lipinski definition) is 3. The molecule has 8 nitrogen and oxygen atoms in total. The normalized spacial score (nSPS) is 20.6. The first-order valence-corrected chi connectivity index (χ1v) is 14.0. The summed E-state index contributed by atoms with van der Waals surface area (Å²) in [5.41, 5.74) is 3.44. The molecule has 2 unspecified atom stereocenters. The molecule has 2 heterocycles. The zero-order chi connectivity index (χ0) is 27.1. The van der Waals surface area contributed by atoms with E-state index in [9.17, 15) is 9.90 Å². The lowest BCUT2D eigenvalue weighted by Crippen LogP contribution is -2.92. The van der Waals surface area contributed by atoms with Crippen LogP contribution in [0, 0.1) is 17.3 Å². The van der Waals surface area contributed by atoms with E-state index in [0.717, 1.165) is 57.1 Å². The average molecular weight is 525 g/mol. The van der Waals surface area contributed by atoms with E-state index in [1.54, 1.807) is 5.32 Å². The summed E-state index contributed by atoms with van der Waals surface area (Å²) >= 11 is 0. The van der Waals surface area contributed by atoms with Gasteiger partial charge in [0.1, 0.15) is 12.6 Å². The number of carbonyl (C=O) groups is 1. The Morgan fingerprint density at radius 3 is 2.47 bits per heavy atom. The van der Waals surface area contributed by atoms with E-state index in [1.807, 2.05) is 12.4 Å². The lowest BCUT2D eigenvalue weighted by molar-refractivity contribution is -0.581. The second-order valence-corrected chi connectivity index (χ2v) is 11.4. The summed E-state index contributed by atoms with van der Waals surface area (Å²) in [5.74, 6) is 2.37. The predicted octanol–water partition coefficient (Wildman–Crippen LogP) is 2.46. The molecular formula is C30H44N4O4+2. The number of benzene rings is 1. The third kappa shape index (κ3) is 7.18. The molecule has 1 aliphatic carbocycles. The van der Waals surface area contributed by atoms with Gasteiger partial charge >= 0.3 is 5.91 Å². The second kappa shape index (κ2) is 12.8. The number of nitrogens with zero attached hydrogens (tertiary/aromatic N) is 3. The molecule has 2 aromatic rings. The highest BCUT2D eigenvalue weighted by atomic mass is 16.5. The van der Waals surface area contributed by atoms with Crippen molar-refractivity contribution in [1.82, 2.24) is 9.97 Å². The number of piperidine rings is 1. The van der Waals surface area contributed by atoms with E-state index < -0.39 is 6.10 Å². The fourth-order valence-corrected chi connectivity index (χ4v) is 5.48. The second-order valence-electron chi connectivity index (χ2n) is 11.4. The fraction of sp³-hybridized carbons (Fsp3) is 0.567. The van der Waals surface area contributed by atoms with E-state index in [2.05, 4.69) is 66.0 Å². The molecule has 1 saturated heterocycles. The minimum atomic E-state index is -0.869. The topological polar surface area (TPSA) is 116 Å². The zero-order valence-corrected chi connectivity index (χ0v) is 23.0. The highest BCUT2D eigenvalue weighted by molar-refractivity contribution is 5.75. The number of nitrogens with two attached hydrogens (primary N) is 1. The Labute approximate surface area is 226 Å². The van der Waals surface area contributed by atoms with Crippen LogP contribution in [0.25, 0.3) is 5.57 Å². The van der Waals surface area contributed by atoms with Crippen molar-refractivity contribution < 1.29 is 25.1 Å². The first-order chi connectivity index (χ1) is 18.3. The zero-order valence-electron chi connectivity index (χ0n) is 23.0. The minimum Gasteiger partial charge on any atom is -0.582 e. The first-order valence-electron chi connectivity index (χ1n) is 14.0. The number of amides is 1. The van der Waals surface area contributed by atoms with Gasteiger partial charge < -0.3 is 19.8 Å². The molecule has 1 aromatic carbocycles. The number of quaternary nitrogens is 1. The molecule has 0 saturated carbocycles. The molecule has 2 aliphatic rings. The molecule has 0 bridgehead atoms. The van der Waals surface area contributed by atoms with Gasteiger partial charge in [0.15, 0.2) is 6.61 Å². The molecule has 1 aliphatic heterocycles. The van der Waals surface area contributed by atoms with Gasteiger partial charge in [-0.2, -0.15) is 0 Å². The highest BCUT2D eigenvalue weighted by Gasteiger charge is 2.40. The van der Waals surface area contributed by atoms with Gasteiger partial charge in [0, 0.05) is 43.5 Å². The Hall–Kier alpha value is -2.81. The standard InChI is InChI=1S/C30H42N4O4/c1-4-21-16-32-29(33-17-21)34-13-11-22(12-14-34)20-38-26-8-5-23(6-9-26)24-7-10-27(30(2,3)15-24)28(37)31-18-25(36)19-35/h5-9,16-17,22,25,27,35-36H,4,10-15,18-20H2,1-3H3,(H,31,37)/p+2. The summed E-state index contributed by atoms with van der Waals surface area (Å²) in [7, 11) is 0. The van der Waals surface area contributed by atoms with Crippen molar-refractivity contribution in [3.05, 3.63) is 53.9 Å². The Balaban J connectivity index is 1.25. The number of aliphatic hydroxyl groups is 3. The maximum atomic E-state index is 12.7. The molecule has 8 heteroatoms. The van der Waals surface area contributed by atoms with Gasteiger partial charge in [-0.15, -0.1) is 0 Å². The Morgan fingerprint density at radius 2 is 1.87 bits per heavy atom. The smallest absolute Gasteiger partial charge is 0.314 e. The molecule has 1 amide bonds. The van der Waals surface area contributed by atoms with E-state index in [-0.39, 0.29) is 30.4 Å². The number of anilines is 1. The van der Waals surface area contributed by atoms with Crippen molar-refractivity contribution in [2.24, 2.45) is 17.3 Å². The molecule has 0 radical (unpaired) electrons. The van der Waals surface area contributed by atoms with Crippen LogP contribution in [0.1, 0.15) is 57.6 Å². The van der Waals surface area contributed by atoms with E-state index in [4.69, 9.17) is 9.84 Å². The number of carbonyl (C=O) groups excluding carboxylic acids is 1. The van der Waals surface area contributed by atoms with Crippen molar-refractivity contribution in [1.29, 1.82) is 0 Å². The van der Waals surface area contributed by atoms with Crippen molar-refractivity contribution in [3.63, 3.8) is 0 Å². The van der Waals surface area contributed by atoms with Crippen LogP contribution in [-0.2, 0) is 11.2 Å². The average Bonchev–Trinajstić information content (AvgIpc) is 2.94. The number of rotatable bonds is 10. The van der Waals surface area contributed by atoms with Crippen LogP contribution in [-0.4, -0.2) is 69.8 Å². The van der Waals surface area contributed by atoms with Crippen molar-refractivity contribution >= 4 is 17.4 Å². The van der Waals surface area contributed by atoms with Crippen LogP contribution in [0.4, 0.5) is 5.95 Å². The van der Waals surface area contributed by atoms with Crippen LogP contribution in [0.15, 0.2) is 42.7 Å². The quantitative estimate of drug-likeness (QED) is 0.411. The first kappa shape index (κ1) is 28.2. The van der Waals surface area contributed by atoms with Crippen LogP contribution in [0.5, 0.6) is 5.75 Å². The van der Waals surface area contributed by atoms with Crippen molar-refractivity contribution in [2.45, 2.75) is 59.0 Å². The Kier molecular flexibility index (Phi) is 9.52. The Morgan fingerprint density at radius 1 is 1.18 bits per heavy atom. The van der Waals surface area contributed by atoms with E-state index in [1.165, 1.54) is 16.7 Å². The van der Waals surface area contributed by atoms with E-state index in [0.29, 0.717) is 12.3 Å². The number of aromatic nitrogens is 2. The SMILES string of the molecule is CCc1cnc(N2CCC(C[OH+]c3ccc(C4=CCC(C(=O)[NH2+]CC(O)CO)C(C)(C)C4)cc3)CC2)nc1. The van der Waals surface area contributed by atoms with Gasteiger partial charge in [0.25, 0.3) is 5.75 Å². The van der Waals surface area contributed by atoms with Gasteiger partial charge in [-0.1, -0.05) is 26.8 Å². The predicted molar refractivity (Wildman–Crippen MR) is 149 cm³/mol. The lowest BCUT2D eigenvalue weighted by atomic mass is 9.67. The molecular weight excluding hydrogens is 480 g/mol. The third-order valence-electron chi connectivity index (χ3n) is 8.10. The summed E-state index contributed by atoms with van der Waals surface area (Å²) < 4.78 is 4.89. The van der Waals surface area contributed by atoms with Crippen molar-refractivity contribution in [2.75, 3.05) is 37.7 Å². The molecule has 0 spiro atoms. The van der Waals surface area contributed by atoms with Crippen LogP contribution >= 0.6 is 0 Å². The monoisotopic (exact) mass is 524 g/mol. The summed E-state index contributed by atoms with van der Waals surface area (Å²) in [6, 6.07) is 8.49. The number of aromatic hydroxyl groups is 1.